The average molecular weight is 244 g/mol. The Morgan fingerprint density at radius 3 is 2.67 bits per heavy atom. The number of fused-ring (bicyclic) bond motifs is 1. The van der Waals surface area contributed by atoms with E-state index < -0.39 is 0 Å². The number of aromatic nitrogens is 1. The van der Waals surface area contributed by atoms with E-state index in [-0.39, 0.29) is 11.3 Å². The van der Waals surface area contributed by atoms with Crippen molar-refractivity contribution < 1.29 is 4.79 Å². The topological polar surface area (TPSA) is 42.0 Å². The molecule has 0 spiro atoms. The molecule has 0 atom stereocenters. The lowest BCUT2D eigenvalue weighted by atomic mass is 9.79. The van der Waals surface area contributed by atoms with Crippen LogP contribution in [0.5, 0.6) is 0 Å². The molecule has 1 N–H and O–H groups in total. The first-order valence-electron chi connectivity index (χ1n) is 6.95. The molecular formula is C15H20N2O. The van der Waals surface area contributed by atoms with Crippen LogP contribution in [-0.2, 0) is 4.79 Å². The van der Waals surface area contributed by atoms with E-state index in [0.29, 0.717) is 5.92 Å². The van der Waals surface area contributed by atoms with Crippen LogP contribution in [0, 0.1) is 18.3 Å². The van der Waals surface area contributed by atoms with E-state index in [1.807, 2.05) is 19.1 Å². The summed E-state index contributed by atoms with van der Waals surface area (Å²) >= 11 is 0. The van der Waals surface area contributed by atoms with Gasteiger partial charge in [-0.05, 0) is 50.7 Å². The third-order valence-electron chi connectivity index (χ3n) is 4.75. The van der Waals surface area contributed by atoms with Crippen LogP contribution in [-0.4, -0.2) is 10.9 Å². The number of rotatable bonds is 2. The number of carbonyl (C=O) groups is 1. The minimum atomic E-state index is -0.0646. The summed E-state index contributed by atoms with van der Waals surface area (Å²) in [6, 6.07) is 3.88. The van der Waals surface area contributed by atoms with E-state index in [1.54, 1.807) is 6.20 Å². The molecule has 18 heavy (non-hydrogen) atoms. The van der Waals surface area contributed by atoms with Gasteiger partial charge in [0.05, 0.1) is 17.3 Å². The minimum absolute atomic E-state index is 0.0646. The first kappa shape index (κ1) is 11.7. The van der Waals surface area contributed by atoms with Crippen molar-refractivity contribution in [1.29, 1.82) is 0 Å². The number of nitrogens with one attached hydrogen (secondary N) is 1. The fourth-order valence-electron chi connectivity index (χ4n) is 3.77. The molecular weight excluding hydrogens is 224 g/mol. The van der Waals surface area contributed by atoms with Crippen molar-refractivity contribution in [3.63, 3.8) is 0 Å². The lowest BCUT2D eigenvalue weighted by molar-refractivity contribution is -0.126. The average Bonchev–Trinajstić information content (AvgIpc) is 2.91. The number of carbonyl (C=O) groups excluding carboxylic acids is 1. The van der Waals surface area contributed by atoms with Gasteiger partial charge in [-0.1, -0.05) is 12.8 Å². The lowest BCUT2D eigenvalue weighted by Gasteiger charge is -2.27. The fourth-order valence-corrected chi connectivity index (χ4v) is 3.77. The second-order valence-corrected chi connectivity index (χ2v) is 5.78. The van der Waals surface area contributed by atoms with Crippen LogP contribution in [0.25, 0.3) is 0 Å². The van der Waals surface area contributed by atoms with Crippen molar-refractivity contribution >= 4 is 11.6 Å². The molecule has 1 aromatic heterocycles. The highest BCUT2D eigenvalue weighted by atomic mass is 16.2. The second-order valence-electron chi connectivity index (χ2n) is 5.78. The van der Waals surface area contributed by atoms with Crippen molar-refractivity contribution in [3.05, 3.63) is 24.0 Å². The summed E-state index contributed by atoms with van der Waals surface area (Å²) in [6.45, 7) is 1.95. The molecule has 0 unspecified atom stereocenters. The SMILES string of the molecule is Cc1ccc(NC(=O)C23CCCC2CCC3)cn1. The molecule has 0 aromatic carbocycles. The van der Waals surface area contributed by atoms with Gasteiger partial charge >= 0.3 is 0 Å². The zero-order valence-corrected chi connectivity index (χ0v) is 10.9. The Morgan fingerprint density at radius 2 is 2.06 bits per heavy atom. The maximum Gasteiger partial charge on any atom is 0.230 e. The summed E-state index contributed by atoms with van der Waals surface area (Å²) in [5.41, 5.74) is 1.74. The van der Waals surface area contributed by atoms with Crippen molar-refractivity contribution in [3.8, 4) is 0 Å². The minimum Gasteiger partial charge on any atom is -0.324 e. The van der Waals surface area contributed by atoms with Gasteiger partial charge in [-0.15, -0.1) is 0 Å². The Morgan fingerprint density at radius 1 is 1.33 bits per heavy atom. The molecule has 2 aliphatic rings. The monoisotopic (exact) mass is 244 g/mol. The van der Waals surface area contributed by atoms with Gasteiger partial charge in [0.15, 0.2) is 0 Å². The molecule has 0 aliphatic heterocycles. The van der Waals surface area contributed by atoms with Gasteiger partial charge in [0.1, 0.15) is 0 Å². The molecule has 1 heterocycles. The molecule has 0 bridgehead atoms. The highest BCUT2D eigenvalue weighted by molar-refractivity contribution is 5.95. The fraction of sp³-hybridized carbons (Fsp3) is 0.600. The molecule has 96 valence electrons. The standard InChI is InChI=1S/C15H20N2O/c1-11-6-7-13(10-16-11)17-14(18)15-8-2-4-12(15)5-3-9-15/h6-7,10,12H,2-5,8-9H2,1H3,(H,17,18). The summed E-state index contributed by atoms with van der Waals surface area (Å²) in [5.74, 6) is 0.851. The molecule has 2 saturated carbocycles. The van der Waals surface area contributed by atoms with E-state index in [4.69, 9.17) is 0 Å². The number of anilines is 1. The van der Waals surface area contributed by atoms with Crippen LogP contribution in [0.4, 0.5) is 5.69 Å². The van der Waals surface area contributed by atoms with E-state index in [0.717, 1.165) is 24.2 Å². The van der Waals surface area contributed by atoms with Crippen molar-refractivity contribution in [1.82, 2.24) is 4.98 Å². The number of pyridine rings is 1. The maximum atomic E-state index is 12.6. The lowest BCUT2D eigenvalue weighted by Crippen LogP contribution is -2.36. The molecule has 3 rings (SSSR count). The predicted molar refractivity (Wildman–Crippen MR) is 71.2 cm³/mol. The van der Waals surface area contributed by atoms with Gasteiger partial charge in [0, 0.05) is 5.69 Å². The summed E-state index contributed by atoms with van der Waals surface area (Å²) in [7, 11) is 0. The Hall–Kier alpha value is -1.38. The smallest absolute Gasteiger partial charge is 0.230 e. The summed E-state index contributed by atoms with van der Waals surface area (Å²) in [4.78, 5) is 16.8. The zero-order chi connectivity index (χ0) is 12.6. The number of amides is 1. The maximum absolute atomic E-state index is 12.6. The molecule has 0 saturated heterocycles. The Bertz CT molecular complexity index is 442. The van der Waals surface area contributed by atoms with Crippen molar-refractivity contribution in [2.75, 3.05) is 5.32 Å². The molecule has 2 aliphatic carbocycles. The first-order valence-corrected chi connectivity index (χ1v) is 6.95. The first-order chi connectivity index (χ1) is 8.71. The third-order valence-corrected chi connectivity index (χ3v) is 4.75. The Labute approximate surface area is 108 Å². The summed E-state index contributed by atoms with van der Waals surface area (Å²) < 4.78 is 0. The Kier molecular flexibility index (Phi) is 2.84. The number of aryl methyl sites for hydroxylation is 1. The van der Waals surface area contributed by atoms with Crippen LogP contribution in [0.2, 0.25) is 0 Å². The van der Waals surface area contributed by atoms with E-state index in [1.165, 1.54) is 25.7 Å². The normalized spacial score (nSPS) is 30.2. The summed E-state index contributed by atoms with van der Waals surface area (Å²) in [5, 5.41) is 3.07. The highest BCUT2D eigenvalue weighted by Gasteiger charge is 2.51. The van der Waals surface area contributed by atoms with Gasteiger partial charge in [0.2, 0.25) is 5.91 Å². The Balaban J connectivity index is 1.77. The summed E-state index contributed by atoms with van der Waals surface area (Å²) in [6.07, 6.45) is 8.79. The second kappa shape index (κ2) is 4.38. The van der Waals surface area contributed by atoms with E-state index in [2.05, 4.69) is 10.3 Å². The largest absolute Gasteiger partial charge is 0.324 e. The van der Waals surface area contributed by atoms with Crippen LogP contribution < -0.4 is 5.32 Å². The van der Waals surface area contributed by atoms with Gasteiger partial charge < -0.3 is 5.32 Å². The molecule has 3 heteroatoms. The van der Waals surface area contributed by atoms with Gasteiger partial charge in [-0.2, -0.15) is 0 Å². The molecule has 0 radical (unpaired) electrons. The van der Waals surface area contributed by atoms with Crippen LogP contribution >= 0.6 is 0 Å². The van der Waals surface area contributed by atoms with Crippen molar-refractivity contribution in [2.45, 2.75) is 45.4 Å². The third kappa shape index (κ3) is 1.82. The molecule has 1 amide bonds. The molecule has 3 nitrogen and oxygen atoms in total. The van der Waals surface area contributed by atoms with Crippen molar-refractivity contribution in [2.24, 2.45) is 11.3 Å². The van der Waals surface area contributed by atoms with E-state index in [9.17, 15) is 4.79 Å². The zero-order valence-electron chi connectivity index (χ0n) is 10.9. The predicted octanol–water partition coefficient (Wildman–Crippen LogP) is 3.30. The van der Waals surface area contributed by atoms with Crippen LogP contribution in [0.1, 0.15) is 44.2 Å². The quantitative estimate of drug-likeness (QED) is 0.867. The van der Waals surface area contributed by atoms with Gasteiger partial charge in [-0.3, -0.25) is 9.78 Å². The molecule has 2 fully saturated rings. The number of hydrogen-bond donors (Lipinski definition) is 1. The van der Waals surface area contributed by atoms with Crippen LogP contribution in [0.3, 0.4) is 0 Å². The van der Waals surface area contributed by atoms with Gasteiger partial charge in [0.25, 0.3) is 0 Å². The number of nitrogens with zero attached hydrogens (tertiary/aromatic N) is 1. The van der Waals surface area contributed by atoms with Crippen LogP contribution in [0.15, 0.2) is 18.3 Å². The molecule has 1 aromatic rings. The highest BCUT2D eigenvalue weighted by Crippen LogP contribution is 2.54. The number of hydrogen-bond acceptors (Lipinski definition) is 2. The van der Waals surface area contributed by atoms with Gasteiger partial charge in [-0.25, -0.2) is 0 Å². The van der Waals surface area contributed by atoms with E-state index >= 15 is 0 Å².